The van der Waals surface area contributed by atoms with Crippen LogP contribution in [0.4, 0.5) is 0 Å². The van der Waals surface area contributed by atoms with E-state index >= 15 is 0 Å². The van der Waals surface area contributed by atoms with Crippen molar-refractivity contribution < 1.29 is 19.0 Å². The van der Waals surface area contributed by atoms with E-state index in [0.717, 1.165) is 17.6 Å². The normalized spacial score (nSPS) is 11.2. The van der Waals surface area contributed by atoms with Gasteiger partial charge in [0.2, 0.25) is 5.91 Å². The van der Waals surface area contributed by atoms with Crippen molar-refractivity contribution in [3.05, 3.63) is 29.8 Å². The molecule has 0 aliphatic rings. The molecule has 1 aromatic carbocycles. The maximum Gasteiger partial charge on any atom is 0.244 e. The second-order valence-corrected chi connectivity index (χ2v) is 4.74. The quantitative estimate of drug-likeness (QED) is 0.563. The Morgan fingerprint density at radius 3 is 2.68 bits per heavy atom. The number of methoxy groups -OCH3 is 2. The van der Waals surface area contributed by atoms with E-state index in [9.17, 15) is 4.79 Å². The van der Waals surface area contributed by atoms with Crippen LogP contribution in [0, 0.1) is 0 Å². The van der Waals surface area contributed by atoms with Gasteiger partial charge in [0.15, 0.2) is 0 Å². The van der Waals surface area contributed by atoms with Gasteiger partial charge in [-0.25, -0.2) is 0 Å². The predicted octanol–water partition coefficient (Wildman–Crippen LogP) is 2.65. The van der Waals surface area contributed by atoms with Crippen LogP contribution >= 0.6 is 0 Å². The van der Waals surface area contributed by atoms with E-state index in [1.54, 1.807) is 26.4 Å². The highest BCUT2D eigenvalue weighted by atomic mass is 16.5. The van der Waals surface area contributed by atoms with E-state index in [2.05, 4.69) is 5.32 Å². The highest BCUT2D eigenvalue weighted by Crippen LogP contribution is 2.29. The van der Waals surface area contributed by atoms with Crippen LogP contribution in [0.1, 0.15) is 25.8 Å². The molecule has 0 radical (unpaired) electrons. The Morgan fingerprint density at radius 2 is 2.05 bits per heavy atom. The van der Waals surface area contributed by atoms with Gasteiger partial charge in [0.05, 0.1) is 14.2 Å². The Bertz CT molecular complexity index is 511. The molecule has 122 valence electrons. The summed E-state index contributed by atoms with van der Waals surface area (Å²) >= 11 is 0. The minimum atomic E-state index is -0.119. The van der Waals surface area contributed by atoms with Crippen LogP contribution in [0.25, 0.3) is 5.57 Å². The van der Waals surface area contributed by atoms with Gasteiger partial charge in [-0.15, -0.1) is 0 Å². The molecule has 0 fully saturated rings. The Labute approximate surface area is 132 Å². The molecule has 5 nitrogen and oxygen atoms in total. The van der Waals surface area contributed by atoms with Crippen LogP contribution in [-0.2, 0) is 9.53 Å². The summed E-state index contributed by atoms with van der Waals surface area (Å²) in [5.41, 5.74) is 1.70. The van der Waals surface area contributed by atoms with Crippen molar-refractivity contribution in [1.29, 1.82) is 0 Å². The average molecular weight is 307 g/mol. The fourth-order valence-electron chi connectivity index (χ4n) is 1.98. The SMILES string of the molecule is CCOCCCNC(=O)/C=C(\C)c1ccc(OC)cc1OC. The minimum Gasteiger partial charge on any atom is -0.497 e. The number of carbonyl (C=O) groups is 1. The highest BCUT2D eigenvalue weighted by molar-refractivity contribution is 5.95. The third-order valence-electron chi connectivity index (χ3n) is 3.15. The van der Waals surface area contributed by atoms with E-state index in [0.29, 0.717) is 31.3 Å². The zero-order valence-electron chi connectivity index (χ0n) is 13.8. The number of ether oxygens (including phenoxy) is 3. The standard InChI is InChI=1S/C17H25NO4/c1-5-22-10-6-9-18-17(19)11-13(2)15-8-7-14(20-3)12-16(15)21-4/h7-8,11-12H,5-6,9-10H2,1-4H3,(H,18,19)/b13-11+. The summed E-state index contributed by atoms with van der Waals surface area (Å²) in [6, 6.07) is 5.52. The number of amides is 1. The van der Waals surface area contributed by atoms with Gasteiger partial charge in [-0.1, -0.05) is 0 Å². The van der Waals surface area contributed by atoms with Crippen molar-refractivity contribution in [3.63, 3.8) is 0 Å². The molecule has 0 atom stereocenters. The molecule has 1 amide bonds. The molecule has 0 saturated carbocycles. The van der Waals surface area contributed by atoms with Crippen molar-refractivity contribution in [1.82, 2.24) is 5.32 Å². The van der Waals surface area contributed by atoms with Gasteiger partial charge in [0.1, 0.15) is 11.5 Å². The molecule has 5 heteroatoms. The van der Waals surface area contributed by atoms with Crippen LogP contribution in [-0.4, -0.2) is 39.9 Å². The van der Waals surface area contributed by atoms with Crippen LogP contribution in [0.15, 0.2) is 24.3 Å². The van der Waals surface area contributed by atoms with Gasteiger partial charge in [-0.3, -0.25) is 4.79 Å². The number of hydrogen-bond donors (Lipinski definition) is 1. The maximum atomic E-state index is 11.9. The summed E-state index contributed by atoms with van der Waals surface area (Å²) in [7, 11) is 3.20. The summed E-state index contributed by atoms with van der Waals surface area (Å²) in [6.45, 7) is 5.79. The lowest BCUT2D eigenvalue weighted by atomic mass is 10.1. The fourth-order valence-corrected chi connectivity index (χ4v) is 1.98. The van der Waals surface area contributed by atoms with Crippen molar-refractivity contribution in [2.24, 2.45) is 0 Å². The van der Waals surface area contributed by atoms with E-state index in [4.69, 9.17) is 14.2 Å². The molecule has 0 aliphatic carbocycles. The second-order valence-electron chi connectivity index (χ2n) is 4.74. The van der Waals surface area contributed by atoms with Gasteiger partial charge in [-0.2, -0.15) is 0 Å². The summed E-state index contributed by atoms with van der Waals surface area (Å²) in [5, 5.41) is 2.84. The molecular weight excluding hydrogens is 282 g/mol. The maximum absolute atomic E-state index is 11.9. The van der Waals surface area contributed by atoms with Crippen molar-refractivity contribution in [2.75, 3.05) is 34.0 Å². The molecular formula is C17H25NO4. The van der Waals surface area contributed by atoms with Gasteiger partial charge < -0.3 is 19.5 Å². The Morgan fingerprint density at radius 1 is 1.27 bits per heavy atom. The highest BCUT2D eigenvalue weighted by Gasteiger charge is 2.08. The second kappa shape index (κ2) is 9.84. The third kappa shape index (κ3) is 5.77. The first-order valence-electron chi connectivity index (χ1n) is 7.38. The molecule has 1 aromatic rings. The molecule has 1 N–H and O–H groups in total. The first-order chi connectivity index (χ1) is 10.6. The number of rotatable bonds is 9. The van der Waals surface area contributed by atoms with Gasteiger partial charge >= 0.3 is 0 Å². The molecule has 1 rings (SSSR count). The Hall–Kier alpha value is -2.01. The summed E-state index contributed by atoms with van der Waals surface area (Å²) in [4.78, 5) is 11.9. The van der Waals surface area contributed by atoms with Gasteiger partial charge in [0.25, 0.3) is 0 Å². The fraction of sp³-hybridized carbons (Fsp3) is 0.471. The predicted molar refractivity (Wildman–Crippen MR) is 87.3 cm³/mol. The van der Waals surface area contributed by atoms with Gasteiger partial charge in [-0.05, 0) is 38.0 Å². The zero-order valence-corrected chi connectivity index (χ0v) is 13.8. The first-order valence-corrected chi connectivity index (χ1v) is 7.38. The van der Waals surface area contributed by atoms with E-state index in [-0.39, 0.29) is 5.91 Å². The molecule has 0 heterocycles. The van der Waals surface area contributed by atoms with Crippen molar-refractivity contribution in [2.45, 2.75) is 20.3 Å². The van der Waals surface area contributed by atoms with Gasteiger partial charge in [0, 0.05) is 37.5 Å². The monoisotopic (exact) mass is 307 g/mol. The molecule has 0 spiro atoms. The average Bonchev–Trinajstić information content (AvgIpc) is 2.53. The smallest absolute Gasteiger partial charge is 0.244 e. The largest absolute Gasteiger partial charge is 0.497 e. The first kappa shape index (κ1) is 18.0. The third-order valence-corrected chi connectivity index (χ3v) is 3.15. The minimum absolute atomic E-state index is 0.119. The lowest BCUT2D eigenvalue weighted by molar-refractivity contribution is -0.116. The van der Waals surface area contributed by atoms with Crippen LogP contribution in [0.2, 0.25) is 0 Å². The van der Waals surface area contributed by atoms with Crippen LogP contribution in [0.3, 0.4) is 0 Å². The molecule has 0 bridgehead atoms. The van der Waals surface area contributed by atoms with Crippen molar-refractivity contribution >= 4 is 11.5 Å². The summed E-state index contributed by atoms with van der Waals surface area (Å²) < 4.78 is 15.7. The number of carbonyl (C=O) groups excluding carboxylic acids is 1. The lowest BCUT2D eigenvalue weighted by Crippen LogP contribution is -2.23. The number of nitrogens with one attached hydrogen (secondary N) is 1. The van der Waals surface area contributed by atoms with E-state index < -0.39 is 0 Å². The van der Waals surface area contributed by atoms with Crippen LogP contribution in [0.5, 0.6) is 11.5 Å². The summed E-state index contributed by atoms with van der Waals surface area (Å²) in [6.07, 6.45) is 2.38. The number of hydrogen-bond acceptors (Lipinski definition) is 4. The topological polar surface area (TPSA) is 56.8 Å². The number of benzene rings is 1. The summed E-state index contributed by atoms with van der Waals surface area (Å²) in [5.74, 6) is 1.28. The van der Waals surface area contributed by atoms with Crippen LogP contribution < -0.4 is 14.8 Å². The van der Waals surface area contributed by atoms with E-state index in [1.165, 1.54) is 0 Å². The molecule has 0 saturated heterocycles. The lowest BCUT2D eigenvalue weighted by Gasteiger charge is -2.11. The molecule has 0 aliphatic heterocycles. The zero-order chi connectivity index (χ0) is 16.4. The number of allylic oxidation sites excluding steroid dienone is 1. The molecule has 0 unspecified atom stereocenters. The van der Waals surface area contributed by atoms with E-state index in [1.807, 2.05) is 26.0 Å². The van der Waals surface area contributed by atoms with Crippen molar-refractivity contribution in [3.8, 4) is 11.5 Å². The molecule has 22 heavy (non-hydrogen) atoms. The Kier molecular flexibility index (Phi) is 8.07. The Balaban J connectivity index is 2.65. The molecule has 0 aromatic heterocycles.